The summed E-state index contributed by atoms with van der Waals surface area (Å²) in [6.45, 7) is 3.75. The van der Waals surface area contributed by atoms with E-state index in [1.54, 1.807) is 17.1 Å². The van der Waals surface area contributed by atoms with Crippen molar-refractivity contribution in [3.05, 3.63) is 53.9 Å². The van der Waals surface area contributed by atoms with Crippen LogP contribution in [0.1, 0.15) is 42.1 Å². The van der Waals surface area contributed by atoms with Gasteiger partial charge in [-0.2, -0.15) is 5.10 Å². The highest BCUT2D eigenvalue weighted by Gasteiger charge is 2.25. The lowest BCUT2D eigenvalue weighted by Gasteiger charge is -2.19. The standard InChI is InChI=1S/C22H26N6O2/c1-2-28-20-16(14-26-28)19(27-18-10-6-7-11-23-22(18)30)17(13-24-20)21(29)25-12-15-8-4-3-5-9-15/h3-5,8-9,13-14,18H,2,6-7,10-12H2,1H3,(H,23,30)(H,24,27)(H,25,29). The molecule has 2 amide bonds. The van der Waals surface area contributed by atoms with Gasteiger partial charge in [0.15, 0.2) is 5.65 Å². The monoisotopic (exact) mass is 406 g/mol. The molecule has 1 atom stereocenters. The summed E-state index contributed by atoms with van der Waals surface area (Å²) in [5, 5.41) is 14.3. The van der Waals surface area contributed by atoms with Crippen LogP contribution in [-0.2, 0) is 17.9 Å². The molecule has 3 aromatic rings. The molecule has 1 unspecified atom stereocenters. The third kappa shape index (κ3) is 4.12. The van der Waals surface area contributed by atoms with Gasteiger partial charge in [-0.15, -0.1) is 0 Å². The fraction of sp³-hybridized carbons (Fsp3) is 0.364. The van der Waals surface area contributed by atoms with Crippen LogP contribution in [0.4, 0.5) is 5.69 Å². The number of hydrogen-bond donors (Lipinski definition) is 3. The molecular weight excluding hydrogens is 380 g/mol. The second-order valence-corrected chi connectivity index (χ2v) is 7.40. The summed E-state index contributed by atoms with van der Waals surface area (Å²) in [6.07, 6.45) is 5.87. The van der Waals surface area contributed by atoms with Crippen molar-refractivity contribution in [3.8, 4) is 0 Å². The number of rotatable bonds is 6. The fourth-order valence-corrected chi connectivity index (χ4v) is 3.71. The largest absolute Gasteiger partial charge is 0.372 e. The van der Waals surface area contributed by atoms with E-state index in [-0.39, 0.29) is 11.8 Å². The lowest BCUT2D eigenvalue weighted by molar-refractivity contribution is -0.121. The van der Waals surface area contributed by atoms with E-state index in [1.807, 2.05) is 37.3 Å². The number of hydrogen-bond acceptors (Lipinski definition) is 5. The molecule has 1 aromatic carbocycles. The van der Waals surface area contributed by atoms with Gasteiger partial charge in [0.25, 0.3) is 5.91 Å². The molecule has 0 aliphatic carbocycles. The van der Waals surface area contributed by atoms with Crippen LogP contribution in [0.2, 0.25) is 0 Å². The summed E-state index contributed by atoms with van der Waals surface area (Å²) in [7, 11) is 0. The second kappa shape index (κ2) is 8.94. The maximum absolute atomic E-state index is 13.0. The van der Waals surface area contributed by atoms with Crippen molar-refractivity contribution in [2.24, 2.45) is 0 Å². The van der Waals surface area contributed by atoms with Crippen molar-refractivity contribution in [2.75, 3.05) is 11.9 Å². The molecule has 0 spiro atoms. The predicted molar refractivity (Wildman–Crippen MR) is 115 cm³/mol. The van der Waals surface area contributed by atoms with Crippen LogP contribution < -0.4 is 16.0 Å². The Kier molecular flexibility index (Phi) is 5.92. The van der Waals surface area contributed by atoms with E-state index in [0.29, 0.717) is 43.0 Å². The quantitative estimate of drug-likeness (QED) is 0.584. The number of anilines is 1. The molecule has 0 radical (unpaired) electrons. The van der Waals surface area contributed by atoms with Crippen LogP contribution in [-0.4, -0.2) is 39.2 Å². The normalized spacial score (nSPS) is 16.7. The predicted octanol–water partition coefficient (Wildman–Crippen LogP) is 2.46. The molecule has 3 N–H and O–H groups in total. The molecule has 30 heavy (non-hydrogen) atoms. The van der Waals surface area contributed by atoms with Gasteiger partial charge >= 0.3 is 0 Å². The van der Waals surface area contributed by atoms with Crippen LogP contribution in [0.25, 0.3) is 11.0 Å². The Morgan fingerprint density at radius 1 is 1.23 bits per heavy atom. The zero-order valence-electron chi connectivity index (χ0n) is 17.0. The maximum atomic E-state index is 13.0. The van der Waals surface area contributed by atoms with Crippen LogP contribution in [0, 0.1) is 0 Å². The third-order valence-electron chi connectivity index (χ3n) is 5.36. The summed E-state index contributed by atoms with van der Waals surface area (Å²) < 4.78 is 1.78. The lowest BCUT2D eigenvalue weighted by Crippen LogP contribution is -2.38. The molecule has 3 heterocycles. The minimum absolute atomic E-state index is 0.0454. The average molecular weight is 406 g/mol. The van der Waals surface area contributed by atoms with Gasteiger partial charge in [0.2, 0.25) is 5.91 Å². The summed E-state index contributed by atoms with van der Waals surface area (Å²) in [5.41, 5.74) is 2.71. The van der Waals surface area contributed by atoms with E-state index in [9.17, 15) is 9.59 Å². The number of nitrogens with one attached hydrogen (secondary N) is 3. The first kappa shape index (κ1) is 19.9. The van der Waals surface area contributed by atoms with E-state index in [1.165, 1.54) is 0 Å². The van der Waals surface area contributed by atoms with E-state index in [4.69, 9.17) is 0 Å². The Morgan fingerprint density at radius 2 is 2.07 bits per heavy atom. The summed E-state index contributed by atoms with van der Waals surface area (Å²) in [6, 6.07) is 9.33. The molecule has 4 rings (SSSR count). The van der Waals surface area contributed by atoms with Gasteiger partial charge in [-0.25, -0.2) is 9.67 Å². The molecule has 1 fully saturated rings. The Balaban J connectivity index is 1.66. The minimum atomic E-state index is -0.399. The fourth-order valence-electron chi connectivity index (χ4n) is 3.71. The Morgan fingerprint density at radius 3 is 2.87 bits per heavy atom. The number of fused-ring (bicyclic) bond motifs is 1. The topological polar surface area (TPSA) is 101 Å². The van der Waals surface area contributed by atoms with E-state index in [0.717, 1.165) is 23.8 Å². The van der Waals surface area contributed by atoms with Crippen molar-refractivity contribution in [1.82, 2.24) is 25.4 Å². The number of aryl methyl sites for hydroxylation is 1. The van der Waals surface area contributed by atoms with E-state index >= 15 is 0 Å². The summed E-state index contributed by atoms with van der Waals surface area (Å²) >= 11 is 0. The zero-order chi connectivity index (χ0) is 20.9. The molecule has 8 nitrogen and oxygen atoms in total. The van der Waals surface area contributed by atoms with Gasteiger partial charge in [-0.05, 0) is 31.7 Å². The molecule has 8 heteroatoms. The molecular formula is C22H26N6O2. The molecule has 156 valence electrons. The lowest BCUT2D eigenvalue weighted by atomic mass is 10.1. The van der Waals surface area contributed by atoms with Gasteiger partial charge < -0.3 is 16.0 Å². The highest BCUT2D eigenvalue weighted by molar-refractivity contribution is 6.07. The van der Waals surface area contributed by atoms with Gasteiger partial charge in [0, 0.05) is 25.8 Å². The third-order valence-corrected chi connectivity index (χ3v) is 5.36. The Labute approximate surface area is 175 Å². The zero-order valence-corrected chi connectivity index (χ0v) is 17.0. The highest BCUT2D eigenvalue weighted by atomic mass is 16.2. The number of benzene rings is 1. The van der Waals surface area contributed by atoms with Crippen LogP contribution in [0.3, 0.4) is 0 Å². The van der Waals surface area contributed by atoms with Crippen LogP contribution >= 0.6 is 0 Å². The van der Waals surface area contributed by atoms with Crippen molar-refractivity contribution in [3.63, 3.8) is 0 Å². The van der Waals surface area contributed by atoms with Crippen molar-refractivity contribution in [2.45, 2.75) is 45.3 Å². The van der Waals surface area contributed by atoms with Gasteiger partial charge in [-0.3, -0.25) is 9.59 Å². The Bertz CT molecular complexity index is 1050. The molecule has 0 saturated carbocycles. The number of carbonyl (C=O) groups is 2. The second-order valence-electron chi connectivity index (χ2n) is 7.40. The van der Waals surface area contributed by atoms with Crippen molar-refractivity contribution < 1.29 is 9.59 Å². The maximum Gasteiger partial charge on any atom is 0.255 e. The summed E-state index contributed by atoms with van der Waals surface area (Å²) in [4.78, 5) is 30.0. The molecule has 1 aliphatic heterocycles. The average Bonchev–Trinajstić information content (AvgIpc) is 3.10. The molecule has 2 aromatic heterocycles. The first-order valence-corrected chi connectivity index (χ1v) is 10.4. The molecule has 1 saturated heterocycles. The van der Waals surface area contributed by atoms with E-state index in [2.05, 4.69) is 26.0 Å². The molecule has 1 aliphatic rings. The van der Waals surface area contributed by atoms with Crippen LogP contribution in [0.15, 0.2) is 42.7 Å². The highest BCUT2D eigenvalue weighted by Crippen LogP contribution is 2.28. The van der Waals surface area contributed by atoms with Crippen LogP contribution in [0.5, 0.6) is 0 Å². The summed E-state index contributed by atoms with van der Waals surface area (Å²) in [5.74, 6) is -0.287. The SMILES string of the molecule is CCn1ncc2c(NC3CCCCNC3=O)c(C(=O)NCc3ccccc3)cnc21. The van der Waals surface area contributed by atoms with Gasteiger partial charge in [0.1, 0.15) is 6.04 Å². The van der Waals surface area contributed by atoms with Crippen molar-refractivity contribution >= 4 is 28.5 Å². The number of amides is 2. The first-order valence-electron chi connectivity index (χ1n) is 10.4. The number of aromatic nitrogens is 3. The van der Waals surface area contributed by atoms with Crippen molar-refractivity contribution in [1.29, 1.82) is 0 Å². The number of nitrogens with zero attached hydrogens (tertiary/aromatic N) is 3. The first-order chi connectivity index (χ1) is 14.7. The van der Waals surface area contributed by atoms with E-state index < -0.39 is 6.04 Å². The van der Waals surface area contributed by atoms with Gasteiger partial charge in [0.05, 0.1) is 22.8 Å². The number of carbonyl (C=O) groups excluding carboxylic acids is 2. The minimum Gasteiger partial charge on any atom is -0.372 e. The number of pyridine rings is 1. The smallest absolute Gasteiger partial charge is 0.255 e. The molecule has 0 bridgehead atoms. The van der Waals surface area contributed by atoms with Gasteiger partial charge in [-0.1, -0.05) is 30.3 Å². The Hall–Kier alpha value is -3.42.